The summed E-state index contributed by atoms with van der Waals surface area (Å²) in [5.41, 5.74) is 2.61. The van der Waals surface area contributed by atoms with Crippen LogP contribution >= 0.6 is 0 Å². The maximum atomic E-state index is 13.9. The zero-order valence-corrected chi connectivity index (χ0v) is 33.6. The first-order valence-corrected chi connectivity index (χ1v) is 20.1. The number of piperidine rings is 1. The van der Waals surface area contributed by atoms with Crippen molar-refractivity contribution >= 4 is 29.2 Å². The molecule has 55 heavy (non-hydrogen) atoms. The molecule has 0 N–H and O–H groups in total. The van der Waals surface area contributed by atoms with Crippen molar-refractivity contribution in [1.82, 2.24) is 14.9 Å². The van der Waals surface area contributed by atoms with Crippen LogP contribution in [0.15, 0.2) is 66.2 Å². The Balaban J connectivity index is 1.56. The predicted octanol–water partition coefficient (Wildman–Crippen LogP) is 7.05. The lowest BCUT2D eigenvalue weighted by Crippen LogP contribution is -2.54. The van der Waals surface area contributed by atoms with Gasteiger partial charge in [0.15, 0.2) is 0 Å². The monoisotopic (exact) mass is 759 g/mol. The molecular weight excluding hydrogens is 698 g/mol. The number of amides is 1. The highest BCUT2D eigenvalue weighted by molar-refractivity contribution is 6.38. The van der Waals surface area contributed by atoms with Crippen molar-refractivity contribution < 1.29 is 38.2 Å². The Morgan fingerprint density at radius 2 is 1.67 bits per heavy atom. The summed E-state index contributed by atoms with van der Waals surface area (Å²) in [6.07, 6.45) is 20.5. The van der Waals surface area contributed by atoms with E-state index in [4.69, 9.17) is 14.2 Å². The van der Waals surface area contributed by atoms with Crippen molar-refractivity contribution in [3.63, 3.8) is 0 Å². The van der Waals surface area contributed by atoms with Gasteiger partial charge < -0.3 is 19.1 Å². The Bertz CT molecular complexity index is 1600. The molecule has 0 spiro atoms. The summed E-state index contributed by atoms with van der Waals surface area (Å²) in [7, 11) is 0. The van der Waals surface area contributed by atoms with E-state index in [-0.39, 0.29) is 67.7 Å². The van der Waals surface area contributed by atoms with Gasteiger partial charge in [-0.15, -0.1) is 0 Å². The molecule has 3 aliphatic rings. The lowest BCUT2D eigenvalue weighted by atomic mass is 9.88. The van der Waals surface area contributed by atoms with Crippen molar-refractivity contribution in [3.8, 4) is 0 Å². The molecule has 8 atom stereocenters. The average Bonchev–Trinajstić information content (AvgIpc) is 3.18. The van der Waals surface area contributed by atoms with Crippen molar-refractivity contribution in [2.45, 2.75) is 137 Å². The molecule has 4 rings (SSSR count). The van der Waals surface area contributed by atoms with Crippen LogP contribution in [0, 0.1) is 23.7 Å². The summed E-state index contributed by atoms with van der Waals surface area (Å²) in [6.45, 7) is 12.1. The minimum absolute atomic E-state index is 0.0276. The normalized spacial score (nSPS) is 30.7. The minimum atomic E-state index is -0.952. The maximum Gasteiger partial charge on any atom is 0.328 e. The molecule has 0 aliphatic carbocycles. The second kappa shape index (κ2) is 21.9. The molecule has 2 fully saturated rings. The molecule has 1 amide bonds. The van der Waals surface area contributed by atoms with E-state index in [1.165, 1.54) is 4.90 Å². The smallest absolute Gasteiger partial charge is 0.328 e. The Morgan fingerprint density at radius 1 is 0.873 bits per heavy atom. The second-order valence-electron chi connectivity index (χ2n) is 15.8. The van der Waals surface area contributed by atoms with Crippen LogP contribution in [0.2, 0.25) is 0 Å². The van der Waals surface area contributed by atoms with Gasteiger partial charge in [-0.25, -0.2) is 4.79 Å². The molecule has 11 heteroatoms. The Kier molecular flexibility index (Phi) is 17.3. The van der Waals surface area contributed by atoms with Crippen LogP contribution in [0.3, 0.4) is 0 Å². The number of carbonyl (C=O) groups excluding carboxylic acids is 5. The zero-order valence-electron chi connectivity index (χ0n) is 33.6. The molecule has 300 valence electrons. The number of Topliss-reactive ketones (excluding diaryl/α,β-unsaturated/α-hetero) is 3. The molecule has 8 unspecified atom stereocenters. The van der Waals surface area contributed by atoms with Gasteiger partial charge in [0.25, 0.3) is 5.91 Å². The number of aromatic nitrogens is 2. The number of rotatable bonds is 3. The lowest BCUT2D eigenvalue weighted by Gasteiger charge is -2.38. The number of carbonyl (C=O) groups is 5. The number of fused-ring (bicyclic) bond motifs is 3. The minimum Gasteiger partial charge on any atom is -0.464 e. The fourth-order valence-corrected chi connectivity index (χ4v) is 7.55. The van der Waals surface area contributed by atoms with Gasteiger partial charge in [0.2, 0.25) is 5.78 Å². The summed E-state index contributed by atoms with van der Waals surface area (Å²) in [5.74, 6) is -2.36. The summed E-state index contributed by atoms with van der Waals surface area (Å²) < 4.78 is 18.3. The van der Waals surface area contributed by atoms with Gasteiger partial charge in [-0.05, 0) is 76.2 Å². The van der Waals surface area contributed by atoms with E-state index >= 15 is 0 Å². The Labute approximate surface area is 327 Å². The van der Waals surface area contributed by atoms with E-state index in [9.17, 15) is 24.0 Å². The predicted molar refractivity (Wildman–Crippen MR) is 209 cm³/mol. The van der Waals surface area contributed by atoms with Gasteiger partial charge in [-0.2, -0.15) is 0 Å². The first-order valence-electron chi connectivity index (χ1n) is 20.1. The topological polar surface area (TPSA) is 142 Å². The largest absolute Gasteiger partial charge is 0.464 e. The number of cyclic esters (lactones) is 1. The van der Waals surface area contributed by atoms with E-state index in [0.717, 1.165) is 17.6 Å². The van der Waals surface area contributed by atoms with E-state index in [1.54, 1.807) is 25.5 Å². The van der Waals surface area contributed by atoms with Crippen LogP contribution in [-0.2, 0) is 44.8 Å². The SMILES string of the molecule is CC1=CC(C)C(=O)CCOC(=O)C2CCCCN2C(=O)C(=O)C2OC(CCC2C)CC(OCc2cnccn2)C(C)=CC=CC=CC(C)CC(C)C(=O)CC1. The van der Waals surface area contributed by atoms with Crippen LogP contribution < -0.4 is 0 Å². The number of esters is 1. The fraction of sp³-hybridized carbons (Fsp3) is 0.614. The van der Waals surface area contributed by atoms with Crippen molar-refractivity contribution in [3.05, 3.63) is 71.9 Å². The van der Waals surface area contributed by atoms with Crippen LogP contribution in [0.1, 0.15) is 111 Å². The molecule has 0 saturated carbocycles. The quantitative estimate of drug-likeness (QED) is 0.179. The van der Waals surface area contributed by atoms with Gasteiger partial charge in [0.1, 0.15) is 23.7 Å². The van der Waals surface area contributed by atoms with Crippen molar-refractivity contribution in [1.29, 1.82) is 0 Å². The summed E-state index contributed by atoms with van der Waals surface area (Å²) in [5, 5.41) is 0. The van der Waals surface area contributed by atoms with E-state index in [0.29, 0.717) is 57.1 Å². The van der Waals surface area contributed by atoms with Gasteiger partial charge in [0.05, 0.1) is 37.3 Å². The van der Waals surface area contributed by atoms with Gasteiger partial charge in [-0.3, -0.25) is 29.1 Å². The zero-order chi connectivity index (χ0) is 39.9. The Morgan fingerprint density at radius 3 is 2.44 bits per heavy atom. The number of nitrogens with zero attached hydrogens (tertiary/aromatic N) is 3. The molecule has 0 aromatic carbocycles. The van der Waals surface area contributed by atoms with E-state index in [2.05, 4.69) is 23.0 Å². The number of hydrogen-bond acceptors (Lipinski definition) is 10. The molecule has 2 bridgehead atoms. The van der Waals surface area contributed by atoms with Crippen LogP contribution in [0.4, 0.5) is 0 Å². The number of allylic oxidation sites excluding steroid dienone is 7. The Hall–Kier alpha value is -4.09. The lowest BCUT2D eigenvalue weighted by molar-refractivity contribution is -0.167. The van der Waals surface area contributed by atoms with Crippen LogP contribution in [0.5, 0.6) is 0 Å². The highest BCUT2D eigenvalue weighted by atomic mass is 16.5. The molecule has 11 nitrogen and oxygen atoms in total. The standard InChI is InChI=1S/C44H61N3O8/c1-29-12-8-7-9-13-31(3)40(54-28-35-27-45-20-21-46-35)26-36-17-16-32(4)42(55-36)41(50)43(51)47-22-11-10-14-37(47)44(52)53-23-19-39(49)34(6)25-30(2)15-18-38(48)33(5)24-29/h7-9,12-13,20-21,25,27,29,32-34,36-37,40,42H,10-11,14-19,22-24,26,28H2,1-6H3. The molecule has 4 heterocycles. The van der Waals surface area contributed by atoms with Crippen molar-refractivity contribution in [2.24, 2.45) is 23.7 Å². The first-order chi connectivity index (χ1) is 26.3. The third-order valence-corrected chi connectivity index (χ3v) is 11.0. The van der Waals surface area contributed by atoms with Crippen molar-refractivity contribution in [2.75, 3.05) is 13.2 Å². The average molecular weight is 760 g/mol. The fourth-order valence-electron chi connectivity index (χ4n) is 7.55. The van der Waals surface area contributed by atoms with Gasteiger partial charge >= 0.3 is 5.97 Å². The molecule has 1 aromatic heterocycles. The highest BCUT2D eigenvalue weighted by Crippen LogP contribution is 2.31. The first kappa shape index (κ1) is 43.6. The summed E-state index contributed by atoms with van der Waals surface area (Å²) >= 11 is 0. The van der Waals surface area contributed by atoms with Gasteiger partial charge in [0, 0.05) is 50.0 Å². The summed E-state index contributed by atoms with van der Waals surface area (Å²) in [4.78, 5) is 76.7. The summed E-state index contributed by atoms with van der Waals surface area (Å²) in [6, 6.07) is -0.900. The molecular formula is C44H61N3O8. The van der Waals surface area contributed by atoms with E-state index in [1.807, 2.05) is 58.1 Å². The second-order valence-corrected chi connectivity index (χ2v) is 15.8. The number of ketones is 3. The van der Waals surface area contributed by atoms with Gasteiger partial charge in [-0.1, -0.05) is 69.7 Å². The molecule has 3 aliphatic heterocycles. The third-order valence-electron chi connectivity index (χ3n) is 11.0. The third kappa shape index (κ3) is 13.6. The van der Waals surface area contributed by atoms with Crippen LogP contribution in [0.25, 0.3) is 0 Å². The molecule has 1 aromatic rings. The van der Waals surface area contributed by atoms with Crippen LogP contribution in [-0.4, -0.2) is 81.6 Å². The van der Waals surface area contributed by atoms with E-state index < -0.39 is 35.7 Å². The number of ether oxygens (including phenoxy) is 3. The number of hydrogen-bond donors (Lipinski definition) is 0. The maximum absolute atomic E-state index is 13.9. The highest BCUT2D eigenvalue weighted by Gasteiger charge is 2.43. The molecule has 0 radical (unpaired) electrons. The molecule has 2 saturated heterocycles.